The van der Waals surface area contributed by atoms with E-state index in [1.807, 2.05) is 49.4 Å². The highest BCUT2D eigenvalue weighted by molar-refractivity contribution is 5.58. The highest BCUT2D eigenvalue weighted by atomic mass is 16.5. The van der Waals surface area contributed by atoms with Crippen molar-refractivity contribution in [2.24, 2.45) is 0 Å². The van der Waals surface area contributed by atoms with Crippen molar-refractivity contribution in [2.75, 3.05) is 17.2 Å². The zero-order chi connectivity index (χ0) is 17.5. The topological polar surface area (TPSA) is 75.9 Å². The van der Waals surface area contributed by atoms with Crippen LogP contribution in [0, 0.1) is 6.92 Å². The molecule has 0 aliphatic heterocycles. The lowest BCUT2D eigenvalue weighted by Gasteiger charge is -2.08. The number of aromatic nitrogens is 3. The van der Waals surface area contributed by atoms with Gasteiger partial charge in [-0.25, -0.2) is 4.98 Å². The van der Waals surface area contributed by atoms with Crippen molar-refractivity contribution >= 4 is 11.8 Å². The van der Waals surface area contributed by atoms with Crippen molar-refractivity contribution in [1.82, 2.24) is 15.1 Å². The van der Waals surface area contributed by atoms with Gasteiger partial charge in [0.2, 0.25) is 5.95 Å². The summed E-state index contributed by atoms with van der Waals surface area (Å²) in [5.41, 5.74) is 2.77. The van der Waals surface area contributed by atoms with Crippen LogP contribution in [0.3, 0.4) is 0 Å². The summed E-state index contributed by atoms with van der Waals surface area (Å²) in [4.78, 5) is 8.91. The molecule has 3 rings (SSSR count). The number of nitrogens with one attached hydrogen (secondary N) is 2. The van der Waals surface area contributed by atoms with Crippen LogP contribution in [0.2, 0.25) is 0 Å². The Bertz CT molecular complexity index is 801. The van der Waals surface area contributed by atoms with Gasteiger partial charge < -0.3 is 15.2 Å². The molecule has 6 heteroatoms. The van der Waals surface area contributed by atoms with Crippen molar-refractivity contribution in [3.8, 4) is 11.3 Å². The van der Waals surface area contributed by atoms with Gasteiger partial charge in [0.25, 0.3) is 0 Å². The Morgan fingerprint density at radius 3 is 2.68 bits per heavy atom. The molecule has 2 N–H and O–H groups in total. The first-order chi connectivity index (χ1) is 12.2. The summed E-state index contributed by atoms with van der Waals surface area (Å²) in [7, 11) is 0. The molecule has 1 aromatic carbocycles. The van der Waals surface area contributed by atoms with Crippen molar-refractivity contribution in [1.29, 1.82) is 0 Å². The maximum Gasteiger partial charge on any atom is 0.225 e. The van der Waals surface area contributed by atoms with Gasteiger partial charge >= 0.3 is 0 Å². The predicted octanol–water partition coefficient (Wildman–Crippen LogP) is 4.26. The van der Waals surface area contributed by atoms with Gasteiger partial charge in [-0.1, -0.05) is 48.8 Å². The molecule has 0 atom stereocenters. The Morgan fingerprint density at radius 2 is 1.88 bits per heavy atom. The smallest absolute Gasteiger partial charge is 0.225 e. The van der Waals surface area contributed by atoms with Crippen LogP contribution in [-0.4, -0.2) is 21.7 Å². The Morgan fingerprint density at radius 1 is 1.04 bits per heavy atom. The van der Waals surface area contributed by atoms with Crippen LogP contribution in [0.25, 0.3) is 11.3 Å². The minimum absolute atomic E-state index is 0.484. The van der Waals surface area contributed by atoms with Crippen molar-refractivity contribution < 1.29 is 4.52 Å². The maximum absolute atomic E-state index is 5.40. The second-order valence-electron chi connectivity index (χ2n) is 5.90. The van der Waals surface area contributed by atoms with Gasteiger partial charge in [0, 0.05) is 29.9 Å². The average Bonchev–Trinajstić information content (AvgIpc) is 3.10. The molecule has 25 heavy (non-hydrogen) atoms. The van der Waals surface area contributed by atoms with Crippen LogP contribution in [-0.2, 0) is 6.54 Å². The molecular weight excluding hydrogens is 314 g/mol. The van der Waals surface area contributed by atoms with Gasteiger partial charge in [0.05, 0.1) is 6.54 Å². The molecule has 2 heterocycles. The minimum Gasteiger partial charge on any atom is -0.370 e. The Hall–Kier alpha value is -2.89. The summed E-state index contributed by atoms with van der Waals surface area (Å²) in [5, 5.41) is 10.6. The molecule has 0 spiro atoms. The summed E-state index contributed by atoms with van der Waals surface area (Å²) in [6, 6.07) is 13.8. The first-order valence-electron chi connectivity index (χ1n) is 8.59. The Balaban J connectivity index is 1.62. The van der Waals surface area contributed by atoms with Crippen LogP contribution >= 0.6 is 0 Å². The van der Waals surface area contributed by atoms with Gasteiger partial charge in [-0.3, -0.25) is 0 Å². The maximum atomic E-state index is 5.40. The molecule has 0 aliphatic rings. The molecule has 130 valence electrons. The summed E-state index contributed by atoms with van der Waals surface area (Å²) < 4.78 is 5.40. The Labute approximate surface area is 147 Å². The highest BCUT2D eigenvalue weighted by Gasteiger charge is 2.07. The number of nitrogens with zero attached hydrogens (tertiary/aromatic N) is 3. The van der Waals surface area contributed by atoms with E-state index >= 15 is 0 Å². The van der Waals surface area contributed by atoms with Crippen LogP contribution in [0.5, 0.6) is 0 Å². The van der Waals surface area contributed by atoms with Gasteiger partial charge in [-0.05, 0) is 13.3 Å². The molecule has 6 nitrogen and oxygen atoms in total. The molecule has 0 saturated carbocycles. The number of rotatable bonds is 8. The lowest BCUT2D eigenvalue weighted by molar-refractivity contribution is 0.390. The fourth-order valence-corrected chi connectivity index (χ4v) is 2.44. The summed E-state index contributed by atoms with van der Waals surface area (Å²) in [6.45, 7) is 5.52. The standard InChI is InChI=1S/C19H23N5O/c1-3-4-10-20-18-11-14(2)22-19(23-18)21-13-16-12-17(24-25-16)15-8-6-5-7-9-15/h5-9,11-12H,3-4,10,13H2,1-2H3,(H2,20,21,22,23). The third-order valence-electron chi connectivity index (χ3n) is 3.74. The second kappa shape index (κ2) is 8.28. The van der Waals surface area contributed by atoms with Crippen molar-refractivity contribution in [3.05, 3.63) is 53.9 Å². The fourth-order valence-electron chi connectivity index (χ4n) is 2.44. The first-order valence-corrected chi connectivity index (χ1v) is 8.59. The molecule has 3 aromatic rings. The van der Waals surface area contributed by atoms with E-state index in [1.54, 1.807) is 0 Å². The van der Waals surface area contributed by atoms with E-state index in [2.05, 4.69) is 32.7 Å². The van der Waals surface area contributed by atoms with Crippen molar-refractivity contribution in [2.45, 2.75) is 33.2 Å². The minimum atomic E-state index is 0.484. The van der Waals surface area contributed by atoms with Crippen molar-refractivity contribution in [3.63, 3.8) is 0 Å². The van der Waals surface area contributed by atoms with Gasteiger partial charge in [-0.15, -0.1) is 0 Å². The third kappa shape index (κ3) is 4.79. The first kappa shape index (κ1) is 17.0. The van der Waals surface area contributed by atoms with Gasteiger partial charge in [0.1, 0.15) is 11.5 Å². The summed E-state index contributed by atoms with van der Waals surface area (Å²) in [5.74, 6) is 2.16. The molecule has 0 saturated heterocycles. The van der Waals surface area contributed by atoms with E-state index in [0.717, 1.165) is 47.9 Å². The number of aryl methyl sites for hydroxylation is 1. The molecule has 2 aromatic heterocycles. The van der Waals surface area contributed by atoms with Crippen LogP contribution in [0.1, 0.15) is 31.2 Å². The number of hydrogen-bond donors (Lipinski definition) is 2. The molecule has 0 unspecified atom stereocenters. The fraction of sp³-hybridized carbons (Fsp3) is 0.316. The molecular formula is C19H23N5O. The SMILES string of the molecule is CCCCNc1cc(C)nc(NCc2cc(-c3ccccc3)no2)n1. The van der Waals surface area contributed by atoms with E-state index in [1.165, 1.54) is 0 Å². The zero-order valence-electron chi connectivity index (χ0n) is 14.6. The largest absolute Gasteiger partial charge is 0.370 e. The normalized spacial score (nSPS) is 10.6. The van der Waals surface area contributed by atoms with Crippen LogP contribution < -0.4 is 10.6 Å². The number of hydrogen-bond acceptors (Lipinski definition) is 6. The summed E-state index contributed by atoms with van der Waals surface area (Å²) >= 11 is 0. The second-order valence-corrected chi connectivity index (χ2v) is 5.90. The van der Waals surface area contributed by atoms with E-state index in [-0.39, 0.29) is 0 Å². The van der Waals surface area contributed by atoms with Crippen LogP contribution in [0.4, 0.5) is 11.8 Å². The molecule has 0 amide bonds. The van der Waals surface area contributed by atoms with Gasteiger partial charge in [0.15, 0.2) is 5.76 Å². The molecule has 0 bridgehead atoms. The van der Waals surface area contributed by atoms with E-state index in [0.29, 0.717) is 12.5 Å². The van der Waals surface area contributed by atoms with E-state index in [9.17, 15) is 0 Å². The number of unbranched alkanes of at least 4 members (excludes halogenated alkanes) is 1. The summed E-state index contributed by atoms with van der Waals surface area (Å²) in [6.07, 6.45) is 2.27. The number of anilines is 2. The lowest BCUT2D eigenvalue weighted by atomic mass is 10.1. The predicted molar refractivity (Wildman–Crippen MR) is 99.4 cm³/mol. The molecule has 0 aliphatic carbocycles. The quantitative estimate of drug-likeness (QED) is 0.598. The third-order valence-corrected chi connectivity index (χ3v) is 3.74. The number of benzene rings is 1. The lowest BCUT2D eigenvalue weighted by Crippen LogP contribution is -2.08. The average molecular weight is 337 g/mol. The molecule has 0 fully saturated rings. The van der Waals surface area contributed by atoms with E-state index in [4.69, 9.17) is 4.52 Å². The van der Waals surface area contributed by atoms with Crippen LogP contribution in [0.15, 0.2) is 47.0 Å². The molecule has 0 radical (unpaired) electrons. The highest BCUT2D eigenvalue weighted by Crippen LogP contribution is 2.19. The Kier molecular flexibility index (Phi) is 5.61. The van der Waals surface area contributed by atoms with Gasteiger partial charge in [-0.2, -0.15) is 4.98 Å². The monoisotopic (exact) mass is 337 g/mol. The van der Waals surface area contributed by atoms with E-state index < -0.39 is 0 Å². The zero-order valence-corrected chi connectivity index (χ0v) is 14.6.